The predicted octanol–water partition coefficient (Wildman–Crippen LogP) is 3.42. The lowest BCUT2D eigenvalue weighted by atomic mass is 9.69. The topological polar surface area (TPSA) is 12.0 Å². The Morgan fingerprint density at radius 2 is 1.94 bits per heavy atom. The molecule has 1 aliphatic carbocycles. The molecule has 0 amide bonds. The molecule has 1 nitrogen and oxygen atoms in total. The summed E-state index contributed by atoms with van der Waals surface area (Å²) in [6.07, 6.45) is -2.37. The van der Waals surface area contributed by atoms with Crippen LogP contribution in [0.3, 0.4) is 0 Å². The van der Waals surface area contributed by atoms with E-state index < -0.39 is 11.7 Å². The lowest BCUT2D eigenvalue weighted by molar-refractivity contribution is -0.138. The Kier molecular flexibility index (Phi) is 3.43. The van der Waals surface area contributed by atoms with Crippen molar-refractivity contribution < 1.29 is 13.2 Å². The van der Waals surface area contributed by atoms with Crippen molar-refractivity contribution in [2.45, 2.75) is 24.9 Å². The maximum atomic E-state index is 12.9. The van der Waals surface area contributed by atoms with E-state index in [0.29, 0.717) is 11.5 Å². The van der Waals surface area contributed by atoms with Gasteiger partial charge in [0.1, 0.15) is 0 Å². The summed E-state index contributed by atoms with van der Waals surface area (Å²) < 4.78 is 38.6. The number of alkyl halides is 3. The summed E-state index contributed by atoms with van der Waals surface area (Å²) >= 11 is 0. The third-order valence-electron chi connectivity index (χ3n) is 3.55. The van der Waals surface area contributed by atoms with Gasteiger partial charge in [-0.3, -0.25) is 0 Å². The highest BCUT2D eigenvalue weighted by molar-refractivity contribution is 5.34. The molecule has 0 bridgehead atoms. The van der Waals surface area contributed by atoms with E-state index >= 15 is 0 Å². The molecule has 2 rings (SSSR count). The minimum Gasteiger partial charge on any atom is -0.319 e. The molecule has 94 valence electrons. The fourth-order valence-corrected chi connectivity index (χ4v) is 2.56. The van der Waals surface area contributed by atoms with Crippen LogP contribution in [-0.4, -0.2) is 13.6 Å². The minimum absolute atomic E-state index is 0.0558. The Labute approximate surface area is 99.0 Å². The third-order valence-corrected chi connectivity index (χ3v) is 3.55. The quantitative estimate of drug-likeness (QED) is 0.857. The van der Waals surface area contributed by atoms with Crippen LogP contribution in [0.5, 0.6) is 0 Å². The maximum absolute atomic E-state index is 12.9. The van der Waals surface area contributed by atoms with Crippen LogP contribution in [0.25, 0.3) is 0 Å². The molecule has 0 spiro atoms. The summed E-state index contributed by atoms with van der Waals surface area (Å²) in [6.45, 7) is 0.789. The molecule has 1 aliphatic rings. The van der Waals surface area contributed by atoms with E-state index in [0.717, 1.165) is 19.4 Å². The van der Waals surface area contributed by atoms with Crippen molar-refractivity contribution in [1.29, 1.82) is 0 Å². The van der Waals surface area contributed by atoms with Crippen LogP contribution >= 0.6 is 0 Å². The molecule has 0 heterocycles. The van der Waals surface area contributed by atoms with E-state index in [1.165, 1.54) is 12.1 Å². The van der Waals surface area contributed by atoms with E-state index in [2.05, 4.69) is 5.32 Å². The SMILES string of the molecule is CNCC1CCC1c1ccccc1C(F)(F)F. The molecule has 0 saturated heterocycles. The van der Waals surface area contributed by atoms with Gasteiger partial charge in [-0.2, -0.15) is 13.2 Å². The van der Waals surface area contributed by atoms with Crippen LogP contribution in [0.1, 0.15) is 29.9 Å². The molecule has 17 heavy (non-hydrogen) atoms. The van der Waals surface area contributed by atoms with Gasteiger partial charge in [-0.25, -0.2) is 0 Å². The molecule has 1 fully saturated rings. The average Bonchev–Trinajstić information content (AvgIpc) is 2.24. The molecule has 4 heteroatoms. The van der Waals surface area contributed by atoms with E-state index in [1.54, 1.807) is 12.1 Å². The maximum Gasteiger partial charge on any atom is 0.416 e. The van der Waals surface area contributed by atoms with Gasteiger partial charge in [0.15, 0.2) is 0 Å². The van der Waals surface area contributed by atoms with Crippen molar-refractivity contribution in [1.82, 2.24) is 5.32 Å². The van der Waals surface area contributed by atoms with Crippen molar-refractivity contribution in [3.63, 3.8) is 0 Å². The molecule has 0 aliphatic heterocycles. The first-order valence-electron chi connectivity index (χ1n) is 5.84. The molecule has 1 aromatic carbocycles. The summed E-state index contributed by atoms with van der Waals surface area (Å²) in [5, 5.41) is 3.05. The van der Waals surface area contributed by atoms with E-state index in [9.17, 15) is 13.2 Å². The zero-order valence-corrected chi connectivity index (χ0v) is 9.72. The van der Waals surface area contributed by atoms with E-state index in [4.69, 9.17) is 0 Å². The normalized spacial score (nSPS) is 24.5. The van der Waals surface area contributed by atoms with Gasteiger partial charge in [-0.05, 0) is 49.9 Å². The van der Waals surface area contributed by atoms with Crippen LogP contribution in [-0.2, 0) is 6.18 Å². The van der Waals surface area contributed by atoms with E-state index in [-0.39, 0.29) is 5.92 Å². The Morgan fingerprint density at radius 3 is 2.47 bits per heavy atom. The Hall–Kier alpha value is -1.03. The second-order valence-electron chi connectivity index (χ2n) is 4.59. The zero-order chi connectivity index (χ0) is 12.5. The number of halogens is 3. The second kappa shape index (κ2) is 4.69. The molecule has 1 saturated carbocycles. The van der Waals surface area contributed by atoms with Gasteiger partial charge < -0.3 is 5.32 Å². The predicted molar refractivity (Wildman–Crippen MR) is 60.8 cm³/mol. The molecule has 0 radical (unpaired) electrons. The van der Waals surface area contributed by atoms with E-state index in [1.807, 2.05) is 7.05 Å². The molecule has 0 aromatic heterocycles. The number of hydrogen-bond acceptors (Lipinski definition) is 1. The summed E-state index contributed by atoms with van der Waals surface area (Å²) in [5.41, 5.74) is -0.00250. The zero-order valence-electron chi connectivity index (χ0n) is 9.72. The third kappa shape index (κ3) is 2.46. The van der Waals surface area contributed by atoms with Gasteiger partial charge in [0.05, 0.1) is 5.56 Å². The second-order valence-corrected chi connectivity index (χ2v) is 4.59. The number of hydrogen-bond donors (Lipinski definition) is 1. The van der Waals surface area contributed by atoms with Crippen molar-refractivity contribution in [2.24, 2.45) is 5.92 Å². The van der Waals surface area contributed by atoms with Crippen LogP contribution < -0.4 is 5.32 Å². The van der Waals surface area contributed by atoms with Gasteiger partial charge in [0.2, 0.25) is 0 Å². The van der Waals surface area contributed by atoms with Gasteiger partial charge in [0, 0.05) is 0 Å². The summed E-state index contributed by atoms with van der Waals surface area (Å²) in [4.78, 5) is 0. The number of nitrogens with one attached hydrogen (secondary N) is 1. The molecule has 1 N–H and O–H groups in total. The molecular weight excluding hydrogens is 227 g/mol. The first-order valence-corrected chi connectivity index (χ1v) is 5.84. The van der Waals surface area contributed by atoms with Gasteiger partial charge in [-0.1, -0.05) is 18.2 Å². The van der Waals surface area contributed by atoms with Gasteiger partial charge in [0.25, 0.3) is 0 Å². The molecular formula is C13H16F3N. The Morgan fingerprint density at radius 1 is 1.24 bits per heavy atom. The van der Waals surface area contributed by atoms with Crippen molar-refractivity contribution in [2.75, 3.05) is 13.6 Å². The lowest BCUT2D eigenvalue weighted by Crippen LogP contribution is -2.33. The number of rotatable bonds is 3. The van der Waals surface area contributed by atoms with Crippen LogP contribution in [0.4, 0.5) is 13.2 Å². The Bertz CT molecular complexity index is 386. The van der Waals surface area contributed by atoms with Crippen molar-refractivity contribution >= 4 is 0 Å². The van der Waals surface area contributed by atoms with Crippen molar-refractivity contribution in [3.8, 4) is 0 Å². The monoisotopic (exact) mass is 243 g/mol. The summed E-state index contributed by atoms with van der Waals surface area (Å²) in [7, 11) is 1.84. The standard InChI is InChI=1S/C13H16F3N/c1-17-8-9-6-7-10(9)11-4-2-3-5-12(11)13(14,15)16/h2-5,9-10,17H,6-8H2,1H3. The smallest absolute Gasteiger partial charge is 0.319 e. The first-order chi connectivity index (χ1) is 8.04. The van der Waals surface area contributed by atoms with Crippen molar-refractivity contribution in [3.05, 3.63) is 35.4 Å². The fraction of sp³-hybridized carbons (Fsp3) is 0.538. The average molecular weight is 243 g/mol. The first kappa shape index (κ1) is 12.4. The van der Waals surface area contributed by atoms with Gasteiger partial charge >= 0.3 is 6.18 Å². The highest BCUT2D eigenvalue weighted by atomic mass is 19.4. The van der Waals surface area contributed by atoms with Crippen LogP contribution in [0, 0.1) is 5.92 Å². The summed E-state index contributed by atoms with van der Waals surface area (Å²) in [6, 6.07) is 5.96. The molecule has 1 aromatic rings. The lowest BCUT2D eigenvalue weighted by Gasteiger charge is -2.38. The highest BCUT2D eigenvalue weighted by Gasteiger charge is 2.39. The highest BCUT2D eigenvalue weighted by Crippen LogP contribution is 2.46. The summed E-state index contributed by atoms with van der Waals surface area (Å²) in [5.74, 6) is 0.392. The Balaban J connectivity index is 2.27. The molecule has 2 atom stereocenters. The van der Waals surface area contributed by atoms with Crippen LogP contribution in [0.15, 0.2) is 24.3 Å². The molecule has 2 unspecified atom stereocenters. The van der Waals surface area contributed by atoms with Gasteiger partial charge in [-0.15, -0.1) is 0 Å². The largest absolute Gasteiger partial charge is 0.416 e. The number of benzene rings is 1. The van der Waals surface area contributed by atoms with Crippen LogP contribution in [0.2, 0.25) is 0 Å². The fourth-order valence-electron chi connectivity index (χ4n) is 2.56. The minimum atomic E-state index is -4.24.